The van der Waals surface area contributed by atoms with E-state index >= 15 is 0 Å². The van der Waals surface area contributed by atoms with Crippen LogP contribution in [0.2, 0.25) is 0 Å². The van der Waals surface area contributed by atoms with E-state index in [-0.39, 0.29) is 12.2 Å². The van der Waals surface area contributed by atoms with Gasteiger partial charge in [-0.1, -0.05) is 30.3 Å². The molecule has 1 N–H and O–H groups in total. The fraction of sp³-hybridized carbons (Fsp3) is 0.250. The van der Waals surface area contributed by atoms with Crippen LogP contribution in [0.15, 0.2) is 47.3 Å². The third kappa shape index (κ3) is 4.03. The Kier molecular flexibility index (Phi) is 5.29. The average Bonchev–Trinajstić information content (AvgIpc) is 2.52. The Bertz CT molecular complexity index is 649. The molecule has 0 radical (unpaired) electrons. The summed E-state index contributed by atoms with van der Waals surface area (Å²) < 4.78 is 9.88. The Hall–Kier alpha value is -2.40. The minimum absolute atomic E-state index is 0.00657. The van der Waals surface area contributed by atoms with Crippen molar-refractivity contribution in [1.29, 1.82) is 0 Å². The summed E-state index contributed by atoms with van der Waals surface area (Å²) in [5.74, 6) is -0.619. The van der Waals surface area contributed by atoms with Gasteiger partial charge in [0.05, 0.1) is 6.61 Å². The van der Waals surface area contributed by atoms with E-state index in [0.29, 0.717) is 18.7 Å². The van der Waals surface area contributed by atoms with E-state index in [1.165, 1.54) is 6.07 Å². The van der Waals surface area contributed by atoms with E-state index in [1.807, 2.05) is 30.3 Å². The number of H-pyrrole nitrogens is 1. The van der Waals surface area contributed by atoms with Crippen LogP contribution in [-0.2, 0) is 9.47 Å². The summed E-state index contributed by atoms with van der Waals surface area (Å²) in [5, 5.41) is 0. The molecule has 5 nitrogen and oxygen atoms in total. The molecule has 0 fully saturated rings. The van der Waals surface area contributed by atoms with Gasteiger partial charge in [0.2, 0.25) is 0 Å². The number of aromatic amines is 1. The van der Waals surface area contributed by atoms with Crippen LogP contribution in [0.25, 0.3) is 11.3 Å². The molecule has 0 aliphatic carbocycles. The second kappa shape index (κ2) is 7.40. The van der Waals surface area contributed by atoms with Crippen molar-refractivity contribution in [3.8, 4) is 11.3 Å². The molecule has 21 heavy (non-hydrogen) atoms. The normalized spacial score (nSPS) is 10.3. The molecule has 5 heteroatoms. The number of nitrogens with one attached hydrogen (secondary N) is 1. The summed E-state index contributed by atoms with van der Waals surface area (Å²) >= 11 is 0. The van der Waals surface area contributed by atoms with Crippen molar-refractivity contribution in [1.82, 2.24) is 4.98 Å². The van der Waals surface area contributed by atoms with Gasteiger partial charge in [0.25, 0.3) is 5.56 Å². The highest BCUT2D eigenvalue weighted by molar-refractivity contribution is 5.89. The van der Waals surface area contributed by atoms with E-state index in [2.05, 4.69) is 4.98 Å². The maximum Gasteiger partial charge on any atom is 0.343 e. The standard InChI is InChI=1S/C16H17NO4/c1-20-10-5-11-21-16(19)13-8-9-14(17-15(13)18)12-6-3-2-4-7-12/h2-4,6-9H,5,10-11H2,1H3,(H,17,18). The van der Waals surface area contributed by atoms with Crippen LogP contribution in [0, 0.1) is 0 Å². The van der Waals surface area contributed by atoms with Crippen molar-refractivity contribution in [2.24, 2.45) is 0 Å². The highest BCUT2D eigenvalue weighted by Gasteiger charge is 2.12. The van der Waals surface area contributed by atoms with Crippen LogP contribution in [0.3, 0.4) is 0 Å². The molecule has 0 spiro atoms. The quantitative estimate of drug-likeness (QED) is 0.653. The number of hydrogen-bond acceptors (Lipinski definition) is 4. The number of esters is 1. The van der Waals surface area contributed by atoms with Gasteiger partial charge in [-0.2, -0.15) is 0 Å². The van der Waals surface area contributed by atoms with Gasteiger partial charge in [0.15, 0.2) is 0 Å². The van der Waals surface area contributed by atoms with Crippen LogP contribution in [0.5, 0.6) is 0 Å². The maximum atomic E-state index is 12.0. The predicted octanol–water partition coefficient (Wildman–Crippen LogP) is 2.24. The zero-order valence-electron chi connectivity index (χ0n) is 11.8. The minimum atomic E-state index is -0.619. The van der Waals surface area contributed by atoms with Crippen molar-refractivity contribution < 1.29 is 14.3 Å². The largest absolute Gasteiger partial charge is 0.462 e. The van der Waals surface area contributed by atoms with Crippen LogP contribution >= 0.6 is 0 Å². The SMILES string of the molecule is COCCCOC(=O)c1ccc(-c2ccccc2)[nH]c1=O. The van der Waals surface area contributed by atoms with Crippen LogP contribution in [-0.4, -0.2) is 31.3 Å². The van der Waals surface area contributed by atoms with Gasteiger partial charge in [0.1, 0.15) is 5.56 Å². The predicted molar refractivity (Wildman–Crippen MR) is 79.3 cm³/mol. The van der Waals surface area contributed by atoms with Gasteiger partial charge < -0.3 is 14.5 Å². The number of methoxy groups -OCH3 is 1. The average molecular weight is 287 g/mol. The molecule has 110 valence electrons. The first-order valence-electron chi connectivity index (χ1n) is 6.67. The number of hydrogen-bond donors (Lipinski definition) is 1. The molecule has 0 aliphatic heterocycles. The molecule has 1 aromatic heterocycles. The lowest BCUT2D eigenvalue weighted by Crippen LogP contribution is -2.20. The molecule has 0 aliphatic rings. The lowest BCUT2D eigenvalue weighted by molar-refractivity contribution is 0.0466. The summed E-state index contributed by atoms with van der Waals surface area (Å²) in [7, 11) is 1.58. The molecule has 1 heterocycles. The van der Waals surface area contributed by atoms with Crippen molar-refractivity contribution in [2.45, 2.75) is 6.42 Å². The summed E-state index contributed by atoms with van der Waals surface area (Å²) in [4.78, 5) is 26.4. The van der Waals surface area contributed by atoms with Gasteiger partial charge >= 0.3 is 5.97 Å². The third-order valence-electron chi connectivity index (χ3n) is 2.94. The molecular formula is C16H17NO4. The molecule has 0 saturated carbocycles. The maximum absolute atomic E-state index is 12.0. The third-order valence-corrected chi connectivity index (χ3v) is 2.94. The van der Waals surface area contributed by atoms with E-state index in [9.17, 15) is 9.59 Å². The van der Waals surface area contributed by atoms with E-state index in [0.717, 1.165) is 5.56 Å². The lowest BCUT2D eigenvalue weighted by atomic mass is 10.1. The number of carbonyl (C=O) groups is 1. The number of pyridine rings is 1. The van der Waals surface area contributed by atoms with Crippen LogP contribution in [0.1, 0.15) is 16.8 Å². The summed E-state index contributed by atoms with van der Waals surface area (Å²) in [6.07, 6.45) is 0.599. The highest BCUT2D eigenvalue weighted by Crippen LogP contribution is 2.14. The zero-order chi connectivity index (χ0) is 15.1. The summed E-state index contributed by atoms with van der Waals surface area (Å²) in [5.41, 5.74) is 1.10. The second-order valence-corrected chi connectivity index (χ2v) is 4.46. The van der Waals surface area contributed by atoms with E-state index in [4.69, 9.17) is 9.47 Å². The minimum Gasteiger partial charge on any atom is -0.462 e. The molecule has 0 amide bonds. The Balaban J connectivity index is 2.09. The van der Waals surface area contributed by atoms with Crippen molar-refractivity contribution >= 4 is 5.97 Å². The summed E-state index contributed by atoms with van der Waals surface area (Å²) in [6, 6.07) is 12.6. The van der Waals surface area contributed by atoms with Crippen molar-refractivity contribution in [3.63, 3.8) is 0 Å². The Morgan fingerprint density at radius 3 is 2.52 bits per heavy atom. The summed E-state index contributed by atoms with van der Waals surface area (Å²) in [6.45, 7) is 0.739. The first-order valence-corrected chi connectivity index (χ1v) is 6.67. The molecule has 0 unspecified atom stereocenters. The Labute approximate surface area is 122 Å². The van der Waals surface area contributed by atoms with Crippen molar-refractivity contribution in [2.75, 3.05) is 20.3 Å². The number of ether oxygens (including phenoxy) is 2. The van der Waals surface area contributed by atoms with E-state index in [1.54, 1.807) is 13.2 Å². The smallest absolute Gasteiger partial charge is 0.343 e. The monoisotopic (exact) mass is 287 g/mol. The van der Waals surface area contributed by atoms with Gasteiger partial charge in [-0.3, -0.25) is 4.79 Å². The molecule has 2 aromatic rings. The number of aromatic nitrogens is 1. The molecule has 0 saturated heterocycles. The number of benzene rings is 1. The number of carbonyl (C=O) groups excluding carboxylic acids is 1. The van der Waals surface area contributed by atoms with Gasteiger partial charge in [-0.25, -0.2) is 4.79 Å². The molecular weight excluding hydrogens is 270 g/mol. The molecule has 2 rings (SSSR count). The molecule has 0 bridgehead atoms. The first-order chi connectivity index (χ1) is 10.2. The Morgan fingerprint density at radius 1 is 1.10 bits per heavy atom. The fourth-order valence-corrected chi connectivity index (χ4v) is 1.87. The van der Waals surface area contributed by atoms with Gasteiger partial charge in [-0.15, -0.1) is 0 Å². The van der Waals surface area contributed by atoms with Crippen LogP contribution in [0.4, 0.5) is 0 Å². The zero-order valence-corrected chi connectivity index (χ0v) is 11.8. The topological polar surface area (TPSA) is 68.4 Å². The molecule has 0 atom stereocenters. The second-order valence-electron chi connectivity index (χ2n) is 4.46. The first kappa shape index (κ1) is 15.0. The fourth-order valence-electron chi connectivity index (χ4n) is 1.87. The number of rotatable bonds is 6. The van der Waals surface area contributed by atoms with Gasteiger partial charge in [0, 0.05) is 25.8 Å². The van der Waals surface area contributed by atoms with Gasteiger partial charge in [-0.05, 0) is 17.7 Å². The van der Waals surface area contributed by atoms with E-state index < -0.39 is 11.5 Å². The highest BCUT2D eigenvalue weighted by atomic mass is 16.5. The Morgan fingerprint density at radius 2 is 1.86 bits per heavy atom. The van der Waals surface area contributed by atoms with Crippen molar-refractivity contribution in [3.05, 3.63) is 58.4 Å². The van der Waals surface area contributed by atoms with Crippen LogP contribution < -0.4 is 5.56 Å². The lowest BCUT2D eigenvalue weighted by Gasteiger charge is -2.05. The molecule has 1 aromatic carbocycles.